The number of methoxy groups -OCH3 is 1. The summed E-state index contributed by atoms with van der Waals surface area (Å²) in [5.74, 6) is -0.507. The number of benzene rings is 2. The highest BCUT2D eigenvalue weighted by Crippen LogP contribution is 2.37. The number of hydrogen-bond donors (Lipinski definition) is 1. The average molecular weight is 408 g/mol. The van der Waals surface area contributed by atoms with Crippen molar-refractivity contribution in [3.8, 4) is 11.1 Å². The minimum Gasteiger partial charge on any atom is -0.467 e. The largest absolute Gasteiger partial charge is 0.467 e. The van der Waals surface area contributed by atoms with E-state index in [1.54, 1.807) is 20.8 Å². The van der Waals surface area contributed by atoms with Gasteiger partial charge in [-0.3, -0.25) is 4.99 Å². The molecule has 0 radical (unpaired) electrons. The predicted octanol–water partition coefficient (Wildman–Crippen LogP) is 4.35. The number of alkyl carbamates (subject to hydrolysis) is 1. The van der Waals surface area contributed by atoms with Gasteiger partial charge in [0, 0.05) is 11.1 Å². The molecule has 2 aromatic carbocycles. The molecule has 6 nitrogen and oxygen atoms in total. The first-order valence-corrected chi connectivity index (χ1v) is 10.1. The number of fused-ring (bicyclic) bond motifs is 3. The van der Waals surface area contributed by atoms with E-state index in [9.17, 15) is 9.59 Å². The Labute approximate surface area is 177 Å². The number of aliphatic imine (C=N–C) groups is 1. The second kappa shape index (κ2) is 8.69. The average Bonchev–Trinajstić information content (AvgIpc) is 3.02. The molecule has 0 saturated heterocycles. The highest BCUT2D eigenvalue weighted by atomic mass is 16.6. The lowest BCUT2D eigenvalue weighted by Crippen LogP contribution is -2.48. The fourth-order valence-corrected chi connectivity index (χ4v) is 3.56. The quantitative estimate of drug-likeness (QED) is 0.637. The smallest absolute Gasteiger partial charge is 0.407 e. The lowest BCUT2D eigenvalue weighted by atomic mass is 10.0. The van der Waals surface area contributed by atoms with Gasteiger partial charge in [0.05, 0.1) is 18.9 Å². The van der Waals surface area contributed by atoms with Crippen molar-refractivity contribution in [1.29, 1.82) is 0 Å². The molecule has 2 atom stereocenters. The highest BCUT2D eigenvalue weighted by molar-refractivity contribution is 6.24. The molecule has 0 spiro atoms. The van der Waals surface area contributed by atoms with Crippen LogP contribution in [-0.2, 0) is 14.3 Å². The van der Waals surface area contributed by atoms with Crippen molar-refractivity contribution in [3.05, 3.63) is 59.7 Å². The lowest BCUT2D eigenvalue weighted by Gasteiger charge is -2.26. The number of amides is 1. The van der Waals surface area contributed by atoms with E-state index in [0.717, 1.165) is 28.0 Å². The van der Waals surface area contributed by atoms with Gasteiger partial charge < -0.3 is 14.8 Å². The van der Waals surface area contributed by atoms with Crippen LogP contribution in [0.5, 0.6) is 0 Å². The fraction of sp³-hybridized carbons (Fsp3) is 0.375. The molecule has 2 aromatic rings. The molecule has 0 fully saturated rings. The van der Waals surface area contributed by atoms with Gasteiger partial charge in [0.1, 0.15) is 5.60 Å². The molecule has 0 saturated carbocycles. The third kappa shape index (κ3) is 4.53. The molecule has 158 valence electrons. The molecule has 2 unspecified atom stereocenters. The Hall–Kier alpha value is -3.15. The van der Waals surface area contributed by atoms with Crippen molar-refractivity contribution in [1.82, 2.24) is 5.32 Å². The lowest BCUT2D eigenvalue weighted by molar-refractivity contribution is -0.142. The van der Waals surface area contributed by atoms with Gasteiger partial charge in [-0.2, -0.15) is 0 Å². The number of carbonyl (C=O) groups excluding carboxylic acids is 2. The van der Waals surface area contributed by atoms with Crippen molar-refractivity contribution < 1.29 is 19.1 Å². The van der Waals surface area contributed by atoms with Crippen LogP contribution in [-0.4, -0.2) is 42.6 Å². The van der Waals surface area contributed by atoms with Crippen LogP contribution in [0.3, 0.4) is 0 Å². The summed E-state index contributed by atoms with van der Waals surface area (Å²) in [6.07, 6.45) is -0.102. The third-order valence-corrected chi connectivity index (χ3v) is 4.89. The zero-order chi connectivity index (χ0) is 21.9. The van der Waals surface area contributed by atoms with E-state index in [0.29, 0.717) is 6.42 Å². The second-order valence-corrected chi connectivity index (χ2v) is 8.20. The summed E-state index contributed by atoms with van der Waals surface area (Å²) in [6, 6.07) is 14.5. The van der Waals surface area contributed by atoms with Crippen LogP contribution in [0.4, 0.5) is 4.79 Å². The molecule has 1 N–H and O–H groups in total. The highest BCUT2D eigenvalue weighted by Gasteiger charge is 2.33. The molecule has 3 rings (SSSR count). The summed E-state index contributed by atoms with van der Waals surface area (Å²) in [4.78, 5) is 29.8. The van der Waals surface area contributed by atoms with Gasteiger partial charge in [0.25, 0.3) is 0 Å². The Kier molecular flexibility index (Phi) is 6.25. The number of ether oxygens (including phenoxy) is 2. The molecular weight excluding hydrogens is 380 g/mol. The monoisotopic (exact) mass is 408 g/mol. The molecule has 0 aliphatic heterocycles. The summed E-state index contributed by atoms with van der Waals surface area (Å²) in [5.41, 5.74) is 4.14. The van der Waals surface area contributed by atoms with E-state index in [1.165, 1.54) is 7.11 Å². The Bertz CT molecular complexity index is 928. The number of esters is 1. The van der Waals surface area contributed by atoms with Crippen LogP contribution in [0.1, 0.15) is 45.2 Å². The summed E-state index contributed by atoms with van der Waals surface area (Å²) in [6.45, 7) is 7.25. The molecular formula is C24H28N2O4. The summed E-state index contributed by atoms with van der Waals surface area (Å²) in [5, 5.41) is 2.79. The zero-order valence-electron chi connectivity index (χ0n) is 18.1. The molecule has 1 aliphatic carbocycles. The van der Waals surface area contributed by atoms with Crippen molar-refractivity contribution in [3.63, 3.8) is 0 Å². The SMILES string of the molecule is CCC(NC(=O)OC(C)(C)C)C(N=C1c2ccccc2-c2ccccc21)C(=O)OC. The number of nitrogens with zero attached hydrogens (tertiary/aromatic N) is 1. The van der Waals surface area contributed by atoms with Gasteiger partial charge in [-0.05, 0) is 38.3 Å². The molecule has 30 heavy (non-hydrogen) atoms. The first-order chi connectivity index (χ1) is 14.2. The van der Waals surface area contributed by atoms with Gasteiger partial charge in [-0.25, -0.2) is 9.59 Å². The van der Waals surface area contributed by atoms with Gasteiger partial charge in [0.2, 0.25) is 0 Å². The van der Waals surface area contributed by atoms with Crippen molar-refractivity contribution in [2.45, 2.75) is 51.8 Å². The number of carbonyl (C=O) groups is 2. The standard InChI is InChI=1S/C24H28N2O4/c1-6-19(25-23(28)30-24(2,3)4)21(22(27)29-5)26-20-17-13-9-7-11-15(17)16-12-8-10-14-18(16)20/h7-14,19,21H,6H2,1-5H3,(H,25,28). The van der Waals surface area contributed by atoms with Gasteiger partial charge in [-0.1, -0.05) is 55.5 Å². The van der Waals surface area contributed by atoms with Crippen molar-refractivity contribution in [2.24, 2.45) is 4.99 Å². The molecule has 1 aliphatic rings. The van der Waals surface area contributed by atoms with E-state index >= 15 is 0 Å². The topological polar surface area (TPSA) is 77.0 Å². The molecule has 1 amide bonds. The van der Waals surface area contributed by atoms with Gasteiger partial charge >= 0.3 is 12.1 Å². The van der Waals surface area contributed by atoms with E-state index in [1.807, 2.05) is 55.5 Å². The predicted molar refractivity (Wildman–Crippen MR) is 117 cm³/mol. The summed E-state index contributed by atoms with van der Waals surface area (Å²) >= 11 is 0. The Morgan fingerprint density at radius 3 is 1.90 bits per heavy atom. The third-order valence-electron chi connectivity index (χ3n) is 4.89. The Morgan fingerprint density at radius 1 is 0.967 bits per heavy atom. The van der Waals surface area contributed by atoms with E-state index in [4.69, 9.17) is 14.5 Å². The Balaban J connectivity index is 2.01. The fourth-order valence-electron chi connectivity index (χ4n) is 3.56. The summed E-state index contributed by atoms with van der Waals surface area (Å²) < 4.78 is 10.4. The minimum absolute atomic E-state index is 0.485. The maximum atomic E-state index is 12.7. The zero-order valence-corrected chi connectivity index (χ0v) is 18.1. The van der Waals surface area contributed by atoms with Crippen LogP contribution in [0.15, 0.2) is 53.5 Å². The van der Waals surface area contributed by atoms with E-state index in [-0.39, 0.29) is 0 Å². The first kappa shape index (κ1) is 21.6. The first-order valence-electron chi connectivity index (χ1n) is 10.1. The van der Waals surface area contributed by atoms with E-state index in [2.05, 4.69) is 5.32 Å². The normalized spacial score (nSPS) is 14.2. The van der Waals surface area contributed by atoms with Crippen LogP contribution in [0.25, 0.3) is 11.1 Å². The second-order valence-electron chi connectivity index (χ2n) is 8.20. The molecule has 6 heteroatoms. The van der Waals surface area contributed by atoms with Crippen molar-refractivity contribution in [2.75, 3.05) is 7.11 Å². The number of nitrogens with one attached hydrogen (secondary N) is 1. The van der Waals surface area contributed by atoms with Crippen LogP contribution >= 0.6 is 0 Å². The molecule has 0 bridgehead atoms. The maximum Gasteiger partial charge on any atom is 0.407 e. The van der Waals surface area contributed by atoms with Crippen LogP contribution in [0.2, 0.25) is 0 Å². The van der Waals surface area contributed by atoms with Crippen LogP contribution < -0.4 is 5.32 Å². The van der Waals surface area contributed by atoms with Gasteiger partial charge in [0.15, 0.2) is 6.04 Å². The van der Waals surface area contributed by atoms with E-state index < -0.39 is 29.7 Å². The maximum absolute atomic E-state index is 12.7. The summed E-state index contributed by atoms with van der Waals surface area (Å²) in [7, 11) is 1.33. The minimum atomic E-state index is -0.901. The molecule has 0 aromatic heterocycles. The van der Waals surface area contributed by atoms with Gasteiger partial charge in [-0.15, -0.1) is 0 Å². The Morgan fingerprint density at radius 2 is 1.47 bits per heavy atom. The number of rotatable bonds is 5. The molecule has 0 heterocycles. The van der Waals surface area contributed by atoms with Crippen molar-refractivity contribution >= 4 is 17.8 Å². The number of hydrogen-bond acceptors (Lipinski definition) is 5. The van der Waals surface area contributed by atoms with Crippen LogP contribution in [0, 0.1) is 0 Å².